The second kappa shape index (κ2) is 5.41. The van der Waals surface area contributed by atoms with Crippen molar-refractivity contribution in [3.05, 3.63) is 40.6 Å². The second-order valence-corrected chi connectivity index (χ2v) is 8.53. The van der Waals surface area contributed by atoms with Crippen molar-refractivity contribution in [1.29, 1.82) is 0 Å². The van der Waals surface area contributed by atoms with Crippen LogP contribution < -0.4 is 10.3 Å². The van der Waals surface area contributed by atoms with Crippen molar-refractivity contribution < 1.29 is 13.5 Å². The molecule has 0 aliphatic carbocycles. The average molecular weight is 322 g/mol. The number of aromatic nitrogens is 4. The topological polar surface area (TPSA) is 71.2 Å². The average Bonchev–Trinajstić information content (AvgIpc) is 2.71. The molecule has 1 heterocycles. The molecule has 102 valence electrons. The summed E-state index contributed by atoms with van der Waals surface area (Å²) in [6, 6.07) is 5.62. The van der Waals surface area contributed by atoms with E-state index >= 15 is 0 Å². The molecule has 0 saturated carbocycles. The Bertz CT molecular complexity index is 703. The van der Waals surface area contributed by atoms with Gasteiger partial charge in [0.2, 0.25) is 0 Å². The molecule has 11 heteroatoms. The minimum absolute atomic E-state index is 0.0489. The number of hydrogen-bond acceptors (Lipinski definition) is 6. The van der Waals surface area contributed by atoms with E-state index in [0.717, 1.165) is 4.68 Å². The van der Waals surface area contributed by atoms with Crippen LogP contribution in [0.1, 0.15) is 0 Å². The molecule has 1 aromatic heterocycles. The molecule has 0 aliphatic rings. The first-order valence-electron chi connectivity index (χ1n) is 4.83. The molecule has 1 atom stereocenters. The predicted molar refractivity (Wildman–Crippen MR) is 72.4 cm³/mol. The molecular weight excluding hydrogens is 314 g/mol. The van der Waals surface area contributed by atoms with Gasteiger partial charge in [-0.25, -0.2) is 9.18 Å². The number of tetrazole rings is 1. The van der Waals surface area contributed by atoms with E-state index in [-0.39, 0.29) is 5.69 Å². The number of benzene rings is 1. The first-order valence-corrected chi connectivity index (χ1v) is 8.62. The number of nitrogens with zero attached hydrogens (tertiary/aromatic N) is 4. The molecule has 0 N–H and O–H groups in total. The molecule has 1 aromatic carbocycles. The lowest BCUT2D eigenvalue weighted by Gasteiger charge is -2.11. The van der Waals surface area contributed by atoms with Crippen molar-refractivity contribution in [2.45, 2.75) is 0 Å². The third kappa shape index (κ3) is 3.03. The first-order chi connectivity index (χ1) is 8.94. The fraction of sp³-hybridized carbons (Fsp3) is 0.125. The van der Waals surface area contributed by atoms with Gasteiger partial charge in [-0.05, 0) is 39.2 Å². The molecule has 2 aromatic rings. The van der Waals surface area contributed by atoms with Crippen LogP contribution in [-0.2, 0) is 16.3 Å². The highest BCUT2D eigenvalue weighted by atomic mass is 32.9. The van der Waals surface area contributed by atoms with E-state index in [0.29, 0.717) is 4.85 Å². The Hall–Kier alpha value is -1.22. The van der Waals surface area contributed by atoms with Crippen LogP contribution in [0.3, 0.4) is 0 Å². The Labute approximate surface area is 117 Å². The van der Waals surface area contributed by atoms with Crippen molar-refractivity contribution >= 4 is 29.7 Å². The van der Waals surface area contributed by atoms with E-state index < -0.39 is 17.2 Å². The summed E-state index contributed by atoms with van der Waals surface area (Å²) in [7, 11) is 1.29. The van der Waals surface area contributed by atoms with Gasteiger partial charge in [-0.3, -0.25) is 0 Å². The van der Waals surface area contributed by atoms with Gasteiger partial charge in [0.25, 0.3) is 0 Å². The molecule has 19 heavy (non-hydrogen) atoms. The molecule has 0 radical (unpaired) electrons. The zero-order chi connectivity index (χ0) is 14.0. The monoisotopic (exact) mass is 322 g/mol. The smallest absolute Gasteiger partial charge is 0.324 e. The first kappa shape index (κ1) is 14.2. The summed E-state index contributed by atoms with van der Waals surface area (Å²) in [6.07, 6.45) is 0. The molecule has 7 nitrogen and oxygen atoms in total. The molecular formula is C8H8FN4O3PS2. The van der Waals surface area contributed by atoms with E-state index in [4.69, 9.17) is 21.0 Å². The molecule has 0 aliphatic heterocycles. The molecule has 1 unspecified atom stereocenters. The summed E-state index contributed by atoms with van der Waals surface area (Å²) in [6.45, 7) is 0. The molecule has 0 saturated heterocycles. The molecule has 0 bridgehead atoms. The number of halogens is 1. The highest BCUT2D eigenvalue weighted by Crippen LogP contribution is 2.48. The van der Waals surface area contributed by atoms with E-state index in [9.17, 15) is 9.18 Å². The summed E-state index contributed by atoms with van der Waals surface area (Å²) < 4.78 is 24.1. The van der Waals surface area contributed by atoms with Gasteiger partial charge < -0.3 is 9.15 Å². The number of rotatable bonds is 4. The van der Waals surface area contributed by atoms with E-state index in [1.54, 1.807) is 6.07 Å². The fourth-order valence-electron chi connectivity index (χ4n) is 1.19. The van der Waals surface area contributed by atoms with Crippen molar-refractivity contribution in [2.75, 3.05) is 7.11 Å². The highest BCUT2D eigenvalue weighted by Gasteiger charge is 2.19. The van der Waals surface area contributed by atoms with Gasteiger partial charge in [-0.1, -0.05) is 24.4 Å². The lowest BCUT2D eigenvalue weighted by atomic mass is 10.3. The Kier molecular flexibility index (Phi) is 4.04. The van der Waals surface area contributed by atoms with Crippen LogP contribution in [0.2, 0.25) is 0 Å². The van der Waals surface area contributed by atoms with Gasteiger partial charge in [0.05, 0.1) is 0 Å². The maximum atomic E-state index is 13.5. The standard InChI is InChI=1S/C8H8FN4O3PS2/c1-15-17(18,19)16-13-8(14)12(10-11-13)7-5-3-2-4-6(7)9/h2-5H,1H3,(H,18,19). The minimum Gasteiger partial charge on any atom is -0.324 e. The Morgan fingerprint density at radius 1 is 1.42 bits per heavy atom. The van der Waals surface area contributed by atoms with Crippen molar-refractivity contribution in [3.63, 3.8) is 0 Å². The summed E-state index contributed by atoms with van der Waals surface area (Å²) in [5.41, 5.74) is -3.79. The second-order valence-electron chi connectivity index (χ2n) is 3.23. The van der Waals surface area contributed by atoms with E-state index in [1.165, 1.54) is 25.3 Å². The predicted octanol–water partition coefficient (Wildman–Crippen LogP) is 0.797. The maximum Gasteiger partial charge on any atom is 0.403 e. The zero-order valence-corrected chi connectivity index (χ0v) is 12.1. The SMILES string of the molecule is COP(=S)(S)On1nnn(-c2ccccc2F)c1=O. The third-order valence-electron chi connectivity index (χ3n) is 2.05. The molecule has 0 fully saturated rings. The van der Waals surface area contributed by atoms with Crippen LogP contribution in [0, 0.1) is 5.82 Å². The number of thiol groups is 1. The number of para-hydroxylation sites is 1. The van der Waals surface area contributed by atoms with Crippen molar-refractivity contribution in [2.24, 2.45) is 0 Å². The molecule has 0 spiro atoms. The highest BCUT2D eigenvalue weighted by molar-refractivity contribution is 8.60. The van der Waals surface area contributed by atoms with Crippen LogP contribution in [0.4, 0.5) is 4.39 Å². The molecule has 2 rings (SSSR count). The summed E-state index contributed by atoms with van der Waals surface area (Å²) in [5, 5.41) is 6.93. The van der Waals surface area contributed by atoms with Crippen LogP contribution in [0.15, 0.2) is 29.1 Å². The fourth-order valence-corrected chi connectivity index (χ4v) is 1.95. The minimum atomic E-state index is -2.93. The molecule has 0 amide bonds. The maximum absolute atomic E-state index is 13.5. The lowest BCUT2D eigenvalue weighted by Crippen LogP contribution is -2.28. The summed E-state index contributed by atoms with van der Waals surface area (Å²) in [5.74, 6) is -0.617. The summed E-state index contributed by atoms with van der Waals surface area (Å²) in [4.78, 5) is 12.4. The summed E-state index contributed by atoms with van der Waals surface area (Å²) >= 11 is 8.79. The van der Waals surface area contributed by atoms with Crippen molar-refractivity contribution in [1.82, 2.24) is 20.0 Å². The Morgan fingerprint density at radius 2 is 2.11 bits per heavy atom. The zero-order valence-electron chi connectivity index (χ0n) is 9.50. The lowest BCUT2D eigenvalue weighted by molar-refractivity contribution is 0.211. The van der Waals surface area contributed by atoms with Gasteiger partial charge in [0, 0.05) is 7.11 Å². The van der Waals surface area contributed by atoms with Crippen molar-refractivity contribution in [3.8, 4) is 5.69 Å². The van der Waals surface area contributed by atoms with Gasteiger partial charge in [-0.2, -0.15) is 4.68 Å². The number of hydrogen-bond donors (Lipinski definition) is 1. The Balaban J connectivity index is 2.43. The van der Waals surface area contributed by atoms with E-state index in [2.05, 4.69) is 22.7 Å². The van der Waals surface area contributed by atoms with Gasteiger partial charge in [0.1, 0.15) is 11.5 Å². The van der Waals surface area contributed by atoms with E-state index in [1.807, 2.05) is 0 Å². The van der Waals surface area contributed by atoms with Crippen LogP contribution in [0.25, 0.3) is 5.69 Å². The van der Waals surface area contributed by atoms with Gasteiger partial charge in [0.15, 0.2) is 0 Å². The quantitative estimate of drug-likeness (QED) is 0.663. The van der Waals surface area contributed by atoms with Crippen LogP contribution in [0.5, 0.6) is 0 Å². The van der Waals surface area contributed by atoms with Gasteiger partial charge in [-0.15, -0.1) is 0 Å². The Morgan fingerprint density at radius 3 is 2.74 bits per heavy atom. The largest absolute Gasteiger partial charge is 0.403 e. The third-order valence-corrected chi connectivity index (χ3v) is 4.23. The normalized spacial score (nSPS) is 14.1. The van der Waals surface area contributed by atoms with Gasteiger partial charge >= 0.3 is 11.4 Å². The van der Waals surface area contributed by atoms with Crippen LogP contribution in [-0.4, -0.2) is 27.1 Å². The van der Waals surface area contributed by atoms with Crippen LogP contribution >= 0.6 is 17.9 Å².